The van der Waals surface area contributed by atoms with Crippen LogP contribution in [-0.2, 0) is 10.0 Å². The lowest BCUT2D eigenvalue weighted by Gasteiger charge is -2.28. The fraction of sp³-hybridized carbons (Fsp3) is 0.533. The zero-order valence-electron chi connectivity index (χ0n) is 11.3. The first-order valence-corrected chi connectivity index (χ1v) is 8.60. The molecule has 1 aromatic rings. The van der Waals surface area contributed by atoms with Crippen LogP contribution in [0.2, 0.25) is 0 Å². The molecule has 2 fully saturated rings. The van der Waals surface area contributed by atoms with Crippen molar-refractivity contribution in [2.24, 2.45) is 0 Å². The first-order chi connectivity index (χ1) is 9.63. The van der Waals surface area contributed by atoms with E-state index in [1.54, 1.807) is 28.6 Å². The van der Waals surface area contributed by atoms with Gasteiger partial charge in [0.05, 0.1) is 16.5 Å². The Morgan fingerprint density at radius 1 is 1.00 bits per heavy atom. The molecule has 0 radical (unpaired) electrons. The number of benzene rings is 1. The summed E-state index contributed by atoms with van der Waals surface area (Å²) in [6.07, 6.45) is 6.16. The van der Waals surface area contributed by atoms with Crippen molar-refractivity contribution in [3.05, 3.63) is 29.8 Å². The molecule has 0 bridgehead atoms. The lowest BCUT2D eigenvalue weighted by atomic mass is 10.2. The van der Waals surface area contributed by atoms with E-state index < -0.39 is 10.0 Å². The van der Waals surface area contributed by atoms with Gasteiger partial charge in [-0.1, -0.05) is 12.8 Å². The monoisotopic (exact) mass is 290 g/mol. The molecule has 0 atom stereocenters. The molecule has 0 heterocycles. The number of nitriles is 1. The average molecular weight is 290 g/mol. The molecule has 0 aliphatic heterocycles. The Hall–Kier alpha value is -1.38. The molecular weight excluding hydrogens is 272 g/mol. The Morgan fingerprint density at radius 3 is 2.05 bits per heavy atom. The maximum atomic E-state index is 12.8. The van der Waals surface area contributed by atoms with E-state index >= 15 is 0 Å². The van der Waals surface area contributed by atoms with Crippen LogP contribution in [0.4, 0.5) is 0 Å². The van der Waals surface area contributed by atoms with Crippen molar-refractivity contribution < 1.29 is 8.42 Å². The molecule has 0 unspecified atom stereocenters. The van der Waals surface area contributed by atoms with Gasteiger partial charge < -0.3 is 0 Å². The molecule has 0 aromatic heterocycles. The largest absolute Gasteiger partial charge is 0.243 e. The lowest BCUT2D eigenvalue weighted by molar-refractivity contribution is 0.314. The fourth-order valence-corrected chi connectivity index (χ4v) is 4.93. The lowest BCUT2D eigenvalue weighted by Crippen LogP contribution is -2.40. The van der Waals surface area contributed by atoms with Crippen molar-refractivity contribution in [3.63, 3.8) is 0 Å². The summed E-state index contributed by atoms with van der Waals surface area (Å²) in [4.78, 5) is 0.315. The maximum absolute atomic E-state index is 12.8. The normalized spacial score (nSPS) is 20.2. The van der Waals surface area contributed by atoms with Crippen LogP contribution in [-0.4, -0.2) is 24.8 Å². The van der Waals surface area contributed by atoms with Crippen LogP contribution in [0.15, 0.2) is 29.2 Å². The molecule has 20 heavy (non-hydrogen) atoms. The van der Waals surface area contributed by atoms with Gasteiger partial charge in [-0.15, -0.1) is 0 Å². The molecule has 1 aromatic carbocycles. The second-order valence-electron chi connectivity index (χ2n) is 5.64. The van der Waals surface area contributed by atoms with Gasteiger partial charge in [-0.3, -0.25) is 0 Å². The maximum Gasteiger partial charge on any atom is 0.243 e. The summed E-state index contributed by atoms with van der Waals surface area (Å²) in [5.41, 5.74) is 0.489. The average Bonchev–Trinajstić information content (AvgIpc) is 3.13. The van der Waals surface area contributed by atoms with E-state index in [1.807, 2.05) is 6.07 Å². The quantitative estimate of drug-likeness (QED) is 0.856. The highest BCUT2D eigenvalue weighted by Crippen LogP contribution is 2.38. The van der Waals surface area contributed by atoms with E-state index in [0.29, 0.717) is 10.5 Å². The standard InChI is InChI=1S/C15H18N2O2S/c16-11-12-5-9-15(10-6-12)20(18,19)17(14-7-8-14)13-3-1-2-4-13/h5-6,9-10,13-14H,1-4,7-8H2. The third kappa shape index (κ3) is 2.46. The second kappa shape index (κ2) is 5.19. The summed E-state index contributed by atoms with van der Waals surface area (Å²) in [5.74, 6) is 0. The highest BCUT2D eigenvalue weighted by Gasteiger charge is 2.43. The number of hydrogen-bond acceptors (Lipinski definition) is 3. The van der Waals surface area contributed by atoms with Gasteiger partial charge in [-0.2, -0.15) is 9.57 Å². The molecular formula is C15H18N2O2S. The minimum Gasteiger partial charge on any atom is -0.207 e. The van der Waals surface area contributed by atoms with Crippen molar-refractivity contribution in [1.82, 2.24) is 4.31 Å². The molecule has 3 rings (SSSR count). The van der Waals surface area contributed by atoms with Crippen LogP contribution >= 0.6 is 0 Å². The summed E-state index contributed by atoms with van der Waals surface area (Å²) >= 11 is 0. The molecule has 0 amide bonds. The SMILES string of the molecule is N#Cc1ccc(S(=O)(=O)N(C2CCCC2)C2CC2)cc1. The first-order valence-electron chi connectivity index (χ1n) is 7.16. The van der Waals surface area contributed by atoms with E-state index in [-0.39, 0.29) is 12.1 Å². The minimum atomic E-state index is -3.42. The highest BCUT2D eigenvalue weighted by atomic mass is 32.2. The van der Waals surface area contributed by atoms with Crippen LogP contribution in [0.5, 0.6) is 0 Å². The van der Waals surface area contributed by atoms with E-state index in [4.69, 9.17) is 5.26 Å². The summed E-state index contributed by atoms with van der Waals surface area (Å²) in [6.45, 7) is 0. The number of hydrogen-bond donors (Lipinski definition) is 0. The second-order valence-corrected chi connectivity index (χ2v) is 7.48. The van der Waals surface area contributed by atoms with Crippen LogP contribution in [0, 0.1) is 11.3 Å². The van der Waals surface area contributed by atoms with E-state index in [1.165, 1.54) is 0 Å². The molecule has 0 saturated heterocycles. The molecule has 2 saturated carbocycles. The Balaban J connectivity index is 1.93. The molecule has 5 heteroatoms. The van der Waals surface area contributed by atoms with Gasteiger partial charge >= 0.3 is 0 Å². The van der Waals surface area contributed by atoms with Crippen molar-refractivity contribution >= 4 is 10.0 Å². The zero-order chi connectivity index (χ0) is 14.2. The summed E-state index contributed by atoms with van der Waals surface area (Å²) in [5, 5.41) is 8.80. The third-order valence-electron chi connectivity index (χ3n) is 4.15. The Kier molecular flexibility index (Phi) is 3.53. The molecule has 0 N–H and O–H groups in total. The smallest absolute Gasteiger partial charge is 0.207 e. The molecule has 4 nitrogen and oxygen atoms in total. The van der Waals surface area contributed by atoms with Gasteiger partial charge in [0, 0.05) is 12.1 Å². The Bertz CT molecular complexity index is 621. The van der Waals surface area contributed by atoms with Gasteiger partial charge in [-0.25, -0.2) is 8.42 Å². The van der Waals surface area contributed by atoms with Gasteiger partial charge in [0.2, 0.25) is 10.0 Å². The van der Waals surface area contributed by atoms with Crippen molar-refractivity contribution in [1.29, 1.82) is 5.26 Å². The van der Waals surface area contributed by atoms with E-state index in [2.05, 4.69) is 0 Å². The Labute approximate surface area is 120 Å². The first kappa shape index (κ1) is 13.6. The van der Waals surface area contributed by atoms with Crippen LogP contribution < -0.4 is 0 Å². The van der Waals surface area contributed by atoms with Gasteiger partial charge in [-0.05, 0) is 49.9 Å². The van der Waals surface area contributed by atoms with Crippen LogP contribution in [0.1, 0.15) is 44.1 Å². The summed E-state index contributed by atoms with van der Waals surface area (Å²) < 4.78 is 27.4. The zero-order valence-corrected chi connectivity index (χ0v) is 12.1. The van der Waals surface area contributed by atoms with Gasteiger partial charge in [0.1, 0.15) is 0 Å². The predicted molar refractivity (Wildman–Crippen MR) is 75.5 cm³/mol. The molecule has 0 spiro atoms. The van der Waals surface area contributed by atoms with Gasteiger partial charge in [0.25, 0.3) is 0 Å². The predicted octanol–water partition coefficient (Wildman–Crippen LogP) is 2.65. The topological polar surface area (TPSA) is 61.2 Å². The van der Waals surface area contributed by atoms with Crippen LogP contribution in [0.25, 0.3) is 0 Å². The summed E-state index contributed by atoms with van der Waals surface area (Å²) in [6, 6.07) is 8.64. The van der Waals surface area contributed by atoms with Crippen LogP contribution in [0.3, 0.4) is 0 Å². The van der Waals surface area contributed by atoms with Crippen molar-refractivity contribution in [2.75, 3.05) is 0 Å². The molecule has 106 valence electrons. The number of nitrogens with zero attached hydrogens (tertiary/aromatic N) is 2. The highest BCUT2D eigenvalue weighted by molar-refractivity contribution is 7.89. The molecule has 2 aliphatic rings. The van der Waals surface area contributed by atoms with Gasteiger partial charge in [0.15, 0.2) is 0 Å². The number of sulfonamides is 1. The fourth-order valence-electron chi connectivity index (χ4n) is 3.00. The summed E-state index contributed by atoms with van der Waals surface area (Å²) in [7, 11) is -3.42. The van der Waals surface area contributed by atoms with Crippen molar-refractivity contribution in [3.8, 4) is 6.07 Å². The number of rotatable bonds is 4. The van der Waals surface area contributed by atoms with Crippen molar-refractivity contribution in [2.45, 2.75) is 55.5 Å². The minimum absolute atomic E-state index is 0.170. The Morgan fingerprint density at radius 2 is 1.55 bits per heavy atom. The molecule has 2 aliphatic carbocycles. The van der Waals surface area contributed by atoms with E-state index in [9.17, 15) is 8.42 Å². The van der Waals surface area contributed by atoms with E-state index in [0.717, 1.165) is 38.5 Å². The third-order valence-corrected chi connectivity index (χ3v) is 6.17.